The maximum Gasteiger partial charge on any atom is 0.286 e. The first-order valence-electron chi connectivity index (χ1n) is 5.71. The molecule has 2 aromatic rings. The van der Waals surface area contributed by atoms with Crippen molar-refractivity contribution < 1.29 is 9.21 Å². The average molecular weight is 249 g/mol. The second-order valence-corrected chi connectivity index (χ2v) is 3.76. The number of carbonyl (C=O) groups is 1. The van der Waals surface area contributed by atoms with Crippen molar-refractivity contribution in [2.45, 2.75) is 19.4 Å². The predicted octanol–water partition coefficient (Wildman–Crippen LogP) is 0.219. The predicted molar refractivity (Wildman–Crippen MR) is 63.6 cm³/mol. The molecule has 7 heteroatoms. The van der Waals surface area contributed by atoms with Gasteiger partial charge in [0.05, 0.1) is 6.54 Å². The molecule has 1 amide bonds. The molecular formula is C11H15N5O2. The first-order valence-corrected chi connectivity index (χ1v) is 5.71. The summed E-state index contributed by atoms with van der Waals surface area (Å²) in [5, 5.41) is 9.27. The molecule has 0 aliphatic carbocycles. The third-order valence-corrected chi connectivity index (χ3v) is 2.43. The summed E-state index contributed by atoms with van der Waals surface area (Å²) >= 11 is 0. The summed E-state index contributed by atoms with van der Waals surface area (Å²) in [6, 6.07) is 3.32. The monoisotopic (exact) mass is 249 g/mol. The average Bonchev–Trinajstić information content (AvgIpc) is 3.05. The Bertz CT molecular complexity index is 491. The molecule has 0 fully saturated rings. The van der Waals surface area contributed by atoms with Crippen LogP contribution in [0.4, 0.5) is 0 Å². The Morgan fingerprint density at radius 1 is 1.50 bits per heavy atom. The van der Waals surface area contributed by atoms with E-state index in [9.17, 15) is 4.79 Å². The molecule has 0 saturated heterocycles. The van der Waals surface area contributed by atoms with Gasteiger partial charge in [0.25, 0.3) is 5.91 Å². The summed E-state index contributed by atoms with van der Waals surface area (Å²) in [4.78, 5) is 15.6. The van der Waals surface area contributed by atoms with E-state index in [1.807, 2.05) is 0 Å². The Hall–Kier alpha value is -2.15. The van der Waals surface area contributed by atoms with Crippen LogP contribution in [0, 0.1) is 0 Å². The summed E-state index contributed by atoms with van der Waals surface area (Å²) in [5.41, 5.74) is 5.40. The van der Waals surface area contributed by atoms with Gasteiger partial charge in [-0.3, -0.25) is 9.89 Å². The molecule has 0 unspecified atom stereocenters. The van der Waals surface area contributed by atoms with Crippen LogP contribution >= 0.6 is 0 Å². The molecule has 0 radical (unpaired) electrons. The molecule has 0 spiro atoms. The fourth-order valence-corrected chi connectivity index (χ4v) is 1.51. The van der Waals surface area contributed by atoms with Crippen molar-refractivity contribution in [3.8, 4) is 0 Å². The van der Waals surface area contributed by atoms with Crippen LogP contribution < -0.4 is 11.1 Å². The van der Waals surface area contributed by atoms with E-state index in [1.165, 1.54) is 6.33 Å². The van der Waals surface area contributed by atoms with Gasteiger partial charge in [-0.15, -0.1) is 0 Å². The minimum absolute atomic E-state index is 0.229. The molecule has 2 aromatic heterocycles. The van der Waals surface area contributed by atoms with Crippen LogP contribution in [0.1, 0.15) is 28.6 Å². The maximum absolute atomic E-state index is 11.7. The Labute approximate surface area is 104 Å². The molecule has 0 bridgehead atoms. The second kappa shape index (κ2) is 5.97. The van der Waals surface area contributed by atoms with Gasteiger partial charge in [0.2, 0.25) is 0 Å². The zero-order valence-electron chi connectivity index (χ0n) is 9.85. The molecule has 96 valence electrons. The van der Waals surface area contributed by atoms with Crippen molar-refractivity contribution in [2.24, 2.45) is 5.73 Å². The van der Waals surface area contributed by atoms with E-state index in [4.69, 9.17) is 10.2 Å². The van der Waals surface area contributed by atoms with Crippen LogP contribution in [-0.2, 0) is 13.0 Å². The summed E-state index contributed by atoms with van der Waals surface area (Å²) in [6.07, 6.45) is 2.99. The number of hydrogen-bond donors (Lipinski definition) is 3. The highest BCUT2D eigenvalue weighted by atomic mass is 16.4. The van der Waals surface area contributed by atoms with E-state index in [2.05, 4.69) is 20.5 Å². The zero-order valence-corrected chi connectivity index (χ0v) is 9.85. The standard InChI is InChI=1S/C11H15N5O2/c12-6-8-3-4-9(18-8)11(17)13-5-1-2-10-14-7-15-16-10/h3-4,7H,1-2,5-6,12H2,(H,13,17)(H,14,15,16). The van der Waals surface area contributed by atoms with Crippen molar-refractivity contribution in [3.05, 3.63) is 35.8 Å². The van der Waals surface area contributed by atoms with E-state index < -0.39 is 0 Å². The highest BCUT2D eigenvalue weighted by Gasteiger charge is 2.09. The number of aromatic nitrogens is 3. The van der Waals surface area contributed by atoms with Gasteiger partial charge < -0.3 is 15.5 Å². The first kappa shape index (κ1) is 12.3. The van der Waals surface area contributed by atoms with Gasteiger partial charge in [0.1, 0.15) is 17.9 Å². The van der Waals surface area contributed by atoms with Crippen LogP contribution in [0.5, 0.6) is 0 Å². The number of furan rings is 1. The molecule has 0 saturated carbocycles. The third kappa shape index (κ3) is 3.17. The fraction of sp³-hybridized carbons (Fsp3) is 0.364. The van der Waals surface area contributed by atoms with Crippen molar-refractivity contribution in [2.75, 3.05) is 6.54 Å². The molecule has 4 N–H and O–H groups in total. The highest BCUT2D eigenvalue weighted by molar-refractivity contribution is 5.91. The normalized spacial score (nSPS) is 10.5. The van der Waals surface area contributed by atoms with E-state index in [0.717, 1.165) is 18.7 Å². The lowest BCUT2D eigenvalue weighted by Gasteiger charge is -2.01. The Morgan fingerprint density at radius 3 is 3.06 bits per heavy atom. The number of amides is 1. The van der Waals surface area contributed by atoms with E-state index in [0.29, 0.717) is 18.8 Å². The van der Waals surface area contributed by atoms with Crippen LogP contribution in [0.2, 0.25) is 0 Å². The number of nitrogens with zero attached hydrogens (tertiary/aromatic N) is 2. The van der Waals surface area contributed by atoms with Gasteiger partial charge in [-0.05, 0) is 18.6 Å². The van der Waals surface area contributed by atoms with Crippen molar-refractivity contribution in [1.82, 2.24) is 20.5 Å². The summed E-state index contributed by atoms with van der Waals surface area (Å²) in [6.45, 7) is 0.844. The van der Waals surface area contributed by atoms with Gasteiger partial charge in [-0.2, -0.15) is 5.10 Å². The summed E-state index contributed by atoms with van der Waals surface area (Å²) in [5.74, 6) is 1.47. The number of H-pyrrole nitrogens is 1. The van der Waals surface area contributed by atoms with E-state index in [1.54, 1.807) is 12.1 Å². The minimum atomic E-state index is -0.229. The number of aryl methyl sites for hydroxylation is 1. The van der Waals surface area contributed by atoms with Gasteiger partial charge >= 0.3 is 0 Å². The van der Waals surface area contributed by atoms with Crippen molar-refractivity contribution in [1.29, 1.82) is 0 Å². The third-order valence-electron chi connectivity index (χ3n) is 2.43. The number of nitrogens with one attached hydrogen (secondary N) is 2. The summed E-state index contributed by atoms with van der Waals surface area (Å²) in [7, 11) is 0. The van der Waals surface area contributed by atoms with Gasteiger partial charge in [-0.1, -0.05) is 0 Å². The van der Waals surface area contributed by atoms with Crippen LogP contribution in [0.3, 0.4) is 0 Å². The molecule has 2 rings (SSSR count). The lowest BCUT2D eigenvalue weighted by molar-refractivity contribution is 0.0923. The highest BCUT2D eigenvalue weighted by Crippen LogP contribution is 2.06. The van der Waals surface area contributed by atoms with Crippen LogP contribution in [0.15, 0.2) is 22.9 Å². The van der Waals surface area contributed by atoms with Crippen LogP contribution in [-0.4, -0.2) is 27.6 Å². The van der Waals surface area contributed by atoms with Gasteiger partial charge in [0, 0.05) is 13.0 Å². The lowest BCUT2D eigenvalue weighted by Crippen LogP contribution is -2.24. The molecular weight excluding hydrogens is 234 g/mol. The maximum atomic E-state index is 11.7. The molecule has 0 aromatic carbocycles. The lowest BCUT2D eigenvalue weighted by atomic mass is 10.3. The summed E-state index contributed by atoms with van der Waals surface area (Å²) < 4.78 is 5.23. The number of carbonyl (C=O) groups excluding carboxylic acids is 1. The minimum Gasteiger partial charge on any atom is -0.455 e. The van der Waals surface area contributed by atoms with Gasteiger partial charge in [0.15, 0.2) is 5.76 Å². The van der Waals surface area contributed by atoms with Crippen molar-refractivity contribution >= 4 is 5.91 Å². The van der Waals surface area contributed by atoms with Crippen LogP contribution in [0.25, 0.3) is 0 Å². The zero-order chi connectivity index (χ0) is 12.8. The number of nitrogens with two attached hydrogens (primary N) is 1. The molecule has 18 heavy (non-hydrogen) atoms. The second-order valence-electron chi connectivity index (χ2n) is 3.76. The van der Waals surface area contributed by atoms with E-state index in [-0.39, 0.29) is 11.7 Å². The number of rotatable bonds is 6. The molecule has 0 aliphatic rings. The van der Waals surface area contributed by atoms with Gasteiger partial charge in [-0.25, -0.2) is 4.98 Å². The molecule has 2 heterocycles. The molecule has 0 aliphatic heterocycles. The molecule has 7 nitrogen and oxygen atoms in total. The molecule has 0 atom stereocenters. The SMILES string of the molecule is NCc1ccc(C(=O)NCCCc2ncn[nH]2)o1. The Balaban J connectivity index is 1.71. The largest absolute Gasteiger partial charge is 0.455 e. The Morgan fingerprint density at radius 2 is 2.39 bits per heavy atom. The van der Waals surface area contributed by atoms with E-state index >= 15 is 0 Å². The topological polar surface area (TPSA) is 110 Å². The first-order chi connectivity index (χ1) is 8.79. The Kier molecular flexibility index (Phi) is 4.08. The number of aromatic amines is 1. The smallest absolute Gasteiger partial charge is 0.286 e. The fourth-order valence-electron chi connectivity index (χ4n) is 1.51. The van der Waals surface area contributed by atoms with Crippen molar-refractivity contribution in [3.63, 3.8) is 0 Å². The number of hydrogen-bond acceptors (Lipinski definition) is 5. The quantitative estimate of drug-likeness (QED) is 0.634.